The van der Waals surface area contributed by atoms with Crippen molar-refractivity contribution < 1.29 is 22.8 Å². The number of carbonyl (C=O) groups excluding carboxylic acids is 2. The van der Waals surface area contributed by atoms with Crippen LogP contribution in [0.15, 0.2) is 24.3 Å². The molecule has 2 unspecified atom stereocenters. The number of hydrogen-bond acceptors (Lipinski definition) is 4. The number of fused-ring (bicyclic) bond motifs is 1. The smallest absolute Gasteiger partial charge is 0.346 e. The number of amides is 2. The maximum Gasteiger partial charge on any atom is 0.416 e. The molecule has 1 aromatic heterocycles. The summed E-state index contributed by atoms with van der Waals surface area (Å²) in [6, 6.07) is 4.55. The van der Waals surface area contributed by atoms with Crippen molar-refractivity contribution in [3.05, 3.63) is 47.0 Å². The summed E-state index contributed by atoms with van der Waals surface area (Å²) in [5.41, 5.74) is -0.373. The van der Waals surface area contributed by atoms with E-state index in [1.165, 1.54) is 11.0 Å². The van der Waals surface area contributed by atoms with Crippen LogP contribution in [-0.2, 0) is 35.3 Å². The molecule has 0 spiro atoms. The number of benzene rings is 1. The Morgan fingerprint density at radius 1 is 1.33 bits per heavy atom. The highest BCUT2D eigenvalue weighted by molar-refractivity contribution is 5.89. The van der Waals surface area contributed by atoms with Crippen LogP contribution in [0.3, 0.4) is 0 Å². The Morgan fingerprint density at radius 2 is 2.13 bits per heavy atom. The lowest BCUT2D eigenvalue weighted by atomic mass is 10.1. The molecule has 0 aliphatic carbocycles. The molecular formula is C20H22F3N5O2. The quantitative estimate of drug-likeness (QED) is 0.805. The first-order chi connectivity index (χ1) is 14.2. The molecule has 7 nitrogen and oxygen atoms in total. The average Bonchev–Trinajstić information content (AvgIpc) is 3.37. The lowest BCUT2D eigenvalue weighted by molar-refractivity contribution is -0.137. The first-order valence-electron chi connectivity index (χ1n) is 9.88. The summed E-state index contributed by atoms with van der Waals surface area (Å²) in [4.78, 5) is 26.5. The van der Waals surface area contributed by atoms with Gasteiger partial charge in [-0.1, -0.05) is 12.1 Å². The zero-order chi connectivity index (χ0) is 21.5. The lowest BCUT2D eigenvalue weighted by Gasteiger charge is -2.19. The SMILES string of the molecule is CC(NC(=O)C1CC(=O)N(Cc2cccc(C(F)(F)F)c2)C1)c1nnc2n1CCC2. The van der Waals surface area contributed by atoms with E-state index in [1.54, 1.807) is 6.07 Å². The molecule has 0 saturated carbocycles. The molecule has 2 amide bonds. The van der Waals surface area contributed by atoms with Gasteiger partial charge in [-0.15, -0.1) is 10.2 Å². The predicted octanol–water partition coefficient (Wildman–Crippen LogP) is 2.47. The summed E-state index contributed by atoms with van der Waals surface area (Å²) < 4.78 is 40.7. The number of aromatic nitrogens is 3. The van der Waals surface area contributed by atoms with Gasteiger partial charge in [0.15, 0.2) is 5.82 Å². The molecular weight excluding hydrogens is 399 g/mol. The van der Waals surface area contributed by atoms with Crippen molar-refractivity contribution in [2.75, 3.05) is 6.54 Å². The summed E-state index contributed by atoms with van der Waals surface area (Å²) in [6.45, 7) is 2.86. The van der Waals surface area contributed by atoms with Gasteiger partial charge in [-0.3, -0.25) is 9.59 Å². The second-order valence-electron chi connectivity index (χ2n) is 7.83. The average molecular weight is 421 g/mol. The molecule has 2 aliphatic rings. The van der Waals surface area contributed by atoms with Gasteiger partial charge in [-0.2, -0.15) is 13.2 Å². The third kappa shape index (κ3) is 4.03. The highest BCUT2D eigenvalue weighted by atomic mass is 19.4. The van der Waals surface area contributed by atoms with Crippen molar-refractivity contribution >= 4 is 11.8 Å². The van der Waals surface area contributed by atoms with E-state index in [2.05, 4.69) is 15.5 Å². The molecule has 1 N–H and O–H groups in total. The molecule has 30 heavy (non-hydrogen) atoms. The van der Waals surface area contributed by atoms with E-state index in [9.17, 15) is 22.8 Å². The van der Waals surface area contributed by atoms with Crippen LogP contribution in [0.1, 0.15) is 48.6 Å². The van der Waals surface area contributed by atoms with Gasteiger partial charge in [-0.25, -0.2) is 0 Å². The Labute approximate surface area is 171 Å². The summed E-state index contributed by atoms with van der Waals surface area (Å²) in [5, 5.41) is 11.2. The summed E-state index contributed by atoms with van der Waals surface area (Å²) >= 11 is 0. The largest absolute Gasteiger partial charge is 0.416 e. The molecule has 2 atom stereocenters. The fourth-order valence-corrected chi connectivity index (χ4v) is 4.06. The van der Waals surface area contributed by atoms with E-state index in [0.29, 0.717) is 11.4 Å². The molecule has 3 heterocycles. The molecule has 1 aromatic carbocycles. The van der Waals surface area contributed by atoms with Gasteiger partial charge >= 0.3 is 6.18 Å². The second-order valence-corrected chi connectivity index (χ2v) is 7.83. The second kappa shape index (κ2) is 7.73. The monoisotopic (exact) mass is 421 g/mol. The van der Waals surface area contributed by atoms with E-state index in [0.717, 1.165) is 37.3 Å². The van der Waals surface area contributed by atoms with Gasteiger partial charge < -0.3 is 14.8 Å². The number of aryl methyl sites for hydroxylation is 1. The third-order valence-electron chi connectivity index (χ3n) is 5.60. The minimum absolute atomic E-state index is 0.0372. The van der Waals surface area contributed by atoms with Gasteiger partial charge in [-0.05, 0) is 31.0 Å². The minimum atomic E-state index is -4.44. The number of halogens is 3. The van der Waals surface area contributed by atoms with Gasteiger partial charge in [0.2, 0.25) is 11.8 Å². The fraction of sp³-hybridized carbons (Fsp3) is 0.500. The van der Waals surface area contributed by atoms with Crippen LogP contribution in [0.5, 0.6) is 0 Å². The van der Waals surface area contributed by atoms with Crippen molar-refractivity contribution in [2.24, 2.45) is 5.92 Å². The summed E-state index contributed by atoms with van der Waals surface area (Å²) in [6.07, 6.45) is -2.53. The van der Waals surface area contributed by atoms with E-state index in [4.69, 9.17) is 0 Å². The molecule has 0 radical (unpaired) electrons. The first kappa shape index (κ1) is 20.4. The van der Waals surface area contributed by atoms with E-state index >= 15 is 0 Å². The van der Waals surface area contributed by atoms with Crippen LogP contribution in [0.4, 0.5) is 13.2 Å². The maximum absolute atomic E-state index is 12.9. The van der Waals surface area contributed by atoms with Gasteiger partial charge in [0.1, 0.15) is 5.82 Å². The molecule has 1 fully saturated rings. The van der Waals surface area contributed by atoms with Gasteiger partial charge in [0.25, 0.3) is 0 Å². The Morgan fingerprint density at radius 3 is 2.90 bits per heavy atom. The highest BCUT2D eigenvalue weighted by Gasteiger charge is 2.36. The van der Waals surface area contributed by atoms with Crippen LogP contribution in [-0.4, -0.2) is 38.0 Å². The highest BCUT2D eigenvalue weighted by Crippen LogP contribution is 2.30. The van der Waals surface area contributed by atoms with Crippen LogP contribution < -0.4 is 5.32 Å². The Bertz CT molecular complexity index is 972. The molecule has 160 valence electrons. The molecule has 10 heteroatoms. The summed E-state index contributed by atoms with van der Waals surface area (Å²) in [5.74, 6) is 0.545. The number of nitrogens with one attached hydrogen (secondary N) is 1. The molecule has 4 rings (SSSR count). The first-order valence-corrected chi connectivity index (χ1v) is 9.88. The Kier molecular flexibility index (Phi) is 5.25. The molecule has 1 saturated heterocycles. The third-order valence-corrected chi connectivity index (χ3v) is 5.60. The molecule has 0 bridgehead atoms. The van der Waals surface area contributed by atoms with Gasteiger partial charge in [0, 0.05) is 32.5 Å². The summed E-state index contributed by atoms with van der Waals surface area (Å²) in [7, 11) is 0. The van der Waals surface area contributed by atoms with Crippen molar-refractivity contribution in [2.45, 2.75) is 51.5 Å². The van der Waals surface area contributed by atoms with Crippen LogP contribution >= 0.6 is 0 Å². The van der Waals surface area contributed by atoms with Crippen LogP contribution in [0.2, 0.25) is 0 Å². The van der Waals surface area contributed by atoms with E-state index in [-0.39, 0.29) is 37.4 Å². The number of alkyl halides is 3. The van der Waals surface area contributed by atoms with Crippen molar-refractivity contribution in [1.82, 2.24) is 25.0 Å². The van der Waals surface area contributed by atoms with Crippen LogP contribution in [0.25, 0.3) is 0 Å². The van der Waals surface area contributed by atoms with Crippen LogP contribution in [0, 0.1) is 5.92 Å². The number of rotatable bonds is 5. The number of likely N-dealkylation sites (tertiary alicyclic amines) is 1. The van der Waals surface area contributed by atoms with E-state index < -0.39 is 17.7 Å². The van der Waals surface area contributed by atoms with Gasteiger partial charge in [0.05, 0.1) is 17.5 Å². The number of hydrogen-bond donors (Lipinski definition) is 1. The van der Waals surface area contributed by atoms with E-state index in [1.807, 2.05) is 11.5 Å². The molecule has 2 aliphatic heterocycles. The molecule has 2 aromatic rings. The van der Waals surface area contributed by atoms with Crippen molar-refractivity contribution in [3.8, 4) is 0 Å². The van der Waals surface area contributed by atoms with Crippen molar-refractivity contribution in [1.29, 1.82) is 0 Å². The zero-order valence-corrected chi connectivity index (χ0v) is 16.4. The lowest BCUT2D eigenvalue weighted by Crippen LogP contribution is -2.35. The minimum Gasteiger partial charge on any atom is -0.346 e. The topological polar surface area (TPSA) is 80.1 Å². The number of carbonyl (C=O) groups is 2. The van der Waals surface area contributed by atoms with Crippen molar-refractivity contribution in [3.63, 3.8) is 0 Å². The standard InChI is InChI=1S/C20H22F3N5O2/c1-12(18-26-25-16-6-3-7-28(16)18)24-19(30)14-9-17(29)27(11-14)10-13-4-2-5-15(8-13)20(21,22)23/h2,4-5,8,12,14H,3,6-7,9-11H2,1H3,(H,24,30). The zero-order valence-electron chi connectivity index (χ0n) is 16.4. The fourth-order valence-electron chi connectivity index (χ4n) is 4.06. The predicted molar refractivity (Wildman–Crippen MR) is 99.9 cm³/mol. The maximum atomic E-state index is 12.9. The number of nitrogens with zero attached hydrogens (tertiary/aromatic N) is 4. The normalized spacial score (nSPS) is 19.8. The Hall–Kier alpha value is -2.91. The Balaban J connectivity index is 1.38.